The number of ether oxygens (including phenoxy) is 1. The van der Waals surface area contributed by atoms with Crippen molar-refractivity contribution in [3.05, 3.63) is 60.2 Å². The van der Waals surface area contributed by atoms with Gasteiger partial charge in [-0.25, -0.2) is 9.59 Å². The van der Waals surface area contributed by atoms with E-state index in [2.05, 4.69) is 5.32 Å². The number of rotatable bonds is 7. The topological polar surface area (TPSA) is 122 Å². The Hall–Kier alpha value is -3.55. The number of aliphatic carboxylic acids is 1. The molecule has 152 valence electrons. The summed E-state index contributed by atoms with van der Waals surface area (Å²) >= 11 is 0. The molecular weight excluding hydrogens is 374 g/mol. The summed E-state index contributed by atoms with van der Waals surface area (Å²) in [6.45, 7) is 0.385. The summed E-state index contributed by atoms with van der Waals surface area (Å²) < 4.78 is 5.81. The van der Waals surface area contributed by atoms with Crippen LogP contribution in [-0.4, -0.2) is 40.5 Å². The summed E-state index contributed by atoms with van der Waals surface area (Å²) in [5.74, 6) is -0.167. The highest BCUT2D eigenvalue weighted by atomic mass is 16.5. The molecule has 8 nitrogen and oxygen atoms in total. The van der Waals surface area contributed by atoms with E-state index in [4.69, 9.17) is 10.5 Å². The fourth-order valence-corrected chi connectivity index (χ4v) is 3.46. The SMILES string of the molecule is NC(=O)NC(CC(=O)N1CCCC1C(=O)O)c1cccc(Oc2ccccc2)c1. The number of likely N-dealkylation sites (tertiary alicyclic amines) is 1. The van der Waals surface area contributed by atoms with E-state index in [9.17, 15) is 19.5 Å². The molecule has 0 spiro atoms. The Kier molecular flexibility index (Phi) is 6.33. The molecular formula is C21H23N3O5. The van der Waals surface area contributed by atoms with Crippen LogP contribution in [0.2, 0.25) is 0 Å². The van der Waals surface area contributed by atoms with Gasteiger partial charge in [0.15, 0.2) is 0 Å². The molecule has 2 unspecified atom stereocenters. The van der Waals surface area contributed by atoms with Crippen molar-refractivity contribution < 1.29 is 24.2 Å². The van der Waals surface area contributed by atoms with Crippen molar-refractivity contribution in [2.45, 2.75) is 31.3 Å². The number of hydrogen-bond acceptors (Lipinski definition) is 4. The number of amides is 3. The molecule has 2 atom stereocenters. The molecule has 0 aliphatic carbocycles. The predicted molar refractivity (Wildman–Crippen MR) is 105 cm³/mol. The molecule has 2 aromatic rings. The van der Waals surface area contributed by atoms with Crippen molar-refractivity contribution >= 4 is 17.9 Å². The molecule has 4 N–H and O–H groups in total. The number of carbonyl (C=O) groups is 3. The van der Waals surface area contributed by atoms with E-state index < -0.39 is 24.1 Å². The maximum atomic E-state index is 12.7. The lowest BCUT2D eigenvalue weighted by atomic mass is 10.0. The van der Waals surface area contributed by atoms with E-state index in [1.54, 1.807) is 24.3 Å². The molecule has 0 radical (unpaired) electrons. The van der Waals surface area contributed by atoms with Crippen LogP contribution in [0.25, 0.3) is 0 Å². The highest BCUT2D eigenvalue weighted by Gasteiger charge is 2.35. The van der Waals surface area contributed by atoms with Crippen LogP contribution in [0.3, 0.4) is 0 Å². The molecule has 0 saturated carbocycles. The zero-order chi connectivity index (χ0) is 20.8. The van der Waals surface area contributed by atoms with Crippen molar-refractivity contribution in [1.82, 2.24) is 10.2 Å². The molecule has 1 fully saturated rings. The minimum absolute atomic E-state index is 0.0957. The number of carbonyl (C=O) groups excluding carboxylic acids is 2. The highest BCUT2D eigenvalue weighted by Crippen LogP contribution is 2.27. The number of carboxylic acids is 1. The molecule has 1 heterocycles. The summed E-state index contributed by atoms with van der Waals surface area (Å²) in [4.78, 5) is 37.0. The van der Waals surface area contributed by atoms with Crippen molar-refractivity contribution in [1.29, 1.82) is 0 Å². The van der Waals surface area contributed by atoms with Gasteiger partial charge in [-0.1, -0.05) is 30.3 Å². The number of nitrogens with two attached hydrogens (primary N) is 1. The van der Waals surface area contributed by atoms with E-state index in [-0.39, 0.29) is 12.3 Å². The summed E-state index contributed by atoms with van der Waals surface area (Å²) in [6, 6.07) is 13.9. The average molecular weight is 397 g/mol. The Morgan fingerprint density at radius 3 is 2.55 bits per heavy atom. The van der Waals surface area contributed by atoms with Crippen LogP contribution in [0, 0.1) is 0 Å². The molecule has 3 amide bonds. The van der Waals surface area contributed by atoms with Crippen molar-refractivity contribution in [3.8, 4) is 11.5 Å². The molecule has 1 aliphatic heterocycles. The van der Waals surface area contributed by atoms with Gasteiger partial charge in [0.1, 0.15) is 17.5 Å². The summed E-state index contributed by atoms with van der Waals surface area (Å²) in [7, 11) is 0. The lowest BCUT2D eigenvalue weighted by molar-refractivity contribution is -0.148. The third kappa shape index (κ3) is 5.25. The Morgan fingerprint density at radius 2 is 1.86 bits per heavy atom. The fourth-order valence-electron chi connectivity index (χ4n) is 3.46. The molecule has 8 heteroatoms. The van der Waals surface area contributed by atoms with E-state index >= 15 is 0 Å². The van der Waals surface area contributed by atoms with Gasteiger partial charge in [0.25, 0.3) is 0 Å². The van der Waals surface area contributed by atoms with E-state index in [1.165, 1.54) is 4.90 Å². The minimum Gasteiger partial charge on any atom is -0.480 e. The van der Waals surface area contributed by atoms with E-state index in [1.807, 2.05) is 30.3 Å². The summed E-state index contributed by atoms with van der Waals surface area (Å²) in [5, 5.41) is 11.9. The zero-order valence-electron chi connectivity index (χ0n) is 15.8. The average Bonchev–Trinajstić information content (AvgIpc) is 3.18. The van der Waals surface area contributed by atoms with Crippen molar-refractivity contribution in [2.24, 2.45) is 5.73 Å². The lowest BCUT2D eigenvalue weighted by Gasteiger charge is -2.25. The molecule has 1 aliphatic rings. The first kappa shape index (κ1) is 20.2. The third-order valence-electron chi connectivity index (χ3n) is 4.79. The first-order valence-electron chi connectivity index (χ1n) is 9.35. The van der Waals surface area contributed by atoms with E-state index in [0.717, 1.165) is 0 Å². The largest absolute Gasteiger partial charge is 0.480 e. The van der Waals surface area contributed by atoms with Crippen molar-refractivity contribution in [3.63, 3.8) is 0 Å². The maximum Gasteiger partial charge on any atom is 0.326 e. The quantitative estimate of drug-likeness (QED) is 0.663. The summed E-state index contributed by atoms with van der Waals surface area (Å²) in [5.41, 5.74) is 5.93. The number of hydrogen-bond donors (Lipinski definition) is 3. The smallest absolute Gasteiger partial charge is 0.326 e. The molecule has 3 rings (SSSR count). The second kappa shape index (κ2) is 9.09. The number of benzene rings is 2. The standard InChI is InChI=1S/C21H23N3O5/c22-21(28)23-17(13-19(25)24-11-5-10-18(24)20(26)27)14-6-4-9-16(12-14)29-15-7-2-1-3-8-15/h1-4,6-9,12,17-18H,5,10-11,13H2,(H,26,27)(H3,22,23,28). The normalized spacial score (nSPS) is 16.8. The Morgan fingerprint density at radius 1 is 1.14 bits per heavy atom. The summed E-state index contributed by atoms with van der Waals surface area (Å²) in [6.07, 6.45) is 0.966. The van der Waals surface area contributed by atoms with Gasteiger partial charge >= 0.3 is 12.0 Å². The van der Waals surface area contributed by atoms with Crippen LogP contribution in [0.5, 0.6) is 11.5 Å². The third-order valence-corrected chi connectivity index (χ3v) is 4.79. The lowest BCUT2D eigenvalue weighted by Crippen LogP contribution is -2.43. The second-order valence-corrected chi connectivity index (χ2v) is 6.84. The van der Waals surface area contributed by atoms with Gasteiger partial charge < -0.3 is 25.8 Å². The van der Waals surface area contributed by atoms with Gasteiger partial charge in [0.05, 0.1) is 12.5 Å². The number of urea groups is 1. The molecule has 29 heavy (non-hydrogen) atoms. The van der Waals surface area contributed by atoms with Gasteiger partial charge in [-0.3, -0.25) is 4.79 Å². The van der Waals surface area contributed by atoms with Gasteiger partial charge in [0, 0.05) is 6.54 Å². The van der Waals surface area contributed by atoms with Crippen LogP contribution in [0.4, 0.5) is 4.79 Å². The monoisotopic (exact) mass is 397 g/mol. The number of nitrogens with zero attached hydrogens (tertiary/aromatic N) is 1. The Labute approximate surface area is 168 Å². The minimum atomic E-state index is -1.02. The Bertz CT molecular complexity index is 887. The number of nitrogens with one attached hydrogen (secondary N) is 1. The first-order valence-corrected chi connectivity index (χ1v) is 9.35. The molecule has 1 saturated heterocycles. The first-order chi connectivity index (χ1) is 13.9. The van der Waals surface area contributed by atoms with Crippen LogP contribution in [-0.2, 0) is 9.59 Å². The van der Waals surface area contributed by atoms with Gasteiger partial charge in [0.2, 0.25) is 5.91 Å². The fraction of sp³-hybridized carbons (Fsp3) is 0.286. The maximum absolute atomic E-state index is 12.7. The van der Waals surface area contributed by atoms with Gasteiger partial charge in [-0.2, -0.15) is 0 Å². The molecule has 0 bridgehead atoms. The van der Waals surface area contributed by atoms with Gasteiger partial charge in [-0.15, -0.1) is 0 Å². The molecule has 2 aromatic carbocycles. The highest BCUT2D eigenvalue weighted by molar-refractivity contribution is 5.85. The van der Waals surface area contributed by atoms with Crippen LogP contribution in [0.1, 0.15) is 30.9 Å². The number of primary amides is 1. The number of carboxylic acid groups (broad SMARTS) is 1. The van der Waals surface area contributed by atoms with Gasteiger partial charge in [-0.05, 0) is 42.7 Å². The van der Waals surface area contributed by atoms with Crippen LogP contribution < -0.4 is 15.8 Å². The van der Waals surface area contributed by atoms with Crippen LogP contribution in [0.15, 0.2) is 54.6 Å². The second-order valence-electron chi connectivity index (χ2n) is 6.84. The van der Waals surface area contributed by atoms with Crippen molar-refractivity contribution in [2.75, 3.05) is 6.54 Å². The number of para-hydroxylation sites is 1. The molecule has 0 aromatic heterocycles. The van der Waals surface area contributed by atoms with Crippen LogP contribution >= 0.6 is 0 Å². The Balaban J connectivity index is 1.78. The zero-order valence-corrected chi connectivity index (χ0v) is 15.8. The predicted octanol–water partition coefficient (Wildman–Crippen LogP) is 2.65. The van der Waals surface area contributed by atoms with E-state index in [0.29, 0.717) is 36.4 Å².